The first-order valence-electron chi connectivity index (χ1n) is 7.37. The fraction of sp³-hybridized carbons (Fsp3) is 0.118. The van der Waals surface area contributed by atoms with E-state index in [0.29, 0.717) is 32.4 Å². The number of aryl methyl sites for hydroxylation is 1. The third kappa shape index (κ3) is 2.49. The number of hydrogen-bond donors (Lipinski definition) is 0. The van der Waals surface area contributed by atoms with Gasteiger partial charge < -0.3 is 0 Å². The smallest absolute Gasteiger partial charge is 0.159 e. The largest absolute Gasteiger partial charge is 0.281 e. The van der Waals surface area contributed by atoms with Crippen LogP contribution < -0.4 is 0 Å². The van der Waals surface area contributed by atoms with E-state index in [-0.39, 0.29) is 17.8 Å². The molecule has 0 amide bonds. The molecular formula is C17H10BrClF2N4. The summed E-state index contributed by atoms with van der Waals surface area (Å²) >= 11 is 9.86. The molecule has 8 heteroatoms. The van der Waals surface area contributed by atoms with Crippen molar-refractivity contribution in [3.05, 3.63) is 74.2 Å². The fourth-order valence-electron chi connectivity index (χ4n) is 2.93. The van der Waals surface area contributed by atoms with E-state index in [1.807, 2.05) is 0 Å². The van der Waals surface area contributed by atoms with Crippen molar-refractivity contribution in [1.29, 1.82) is 0 Å². The Morgan fingerprint density at radius 2 is 1.80 bits per heavy atom. The van der Waals surface area contributed by atoms with Gasteiger partial charge in [-0.1, -0.05) is 17.7 Å². The molecule has 126 valence electrons. The second-order valence-electron chi connectivity index (χ2n) is 5.52. The van der Waals surface area contributed by atoms with E-state index in [1.165, 1.54) is 18.2 Å². The van der Waals surface area contributed by atoms with Crippen LogP contribution in [0.15, 0.2) is 39.8 Å². The van der Waals surface area contributed by atoms with Crippen LogP contribution in [0.4, 0.5) is 8.78 Å². The average Bonchev–Trinajstić information content (AvgIpc) is 2.85. The SMILES string of the molecule is Cc1nnc2n1-c1ccc(Br)c(Cl)c1C(c1c(F)cccc1F)=NC2. The molecule has 0 saturated carbocycles. The normalized spacial score (nSPS) is 13.1. The third-order valence-electron chi connectivity index (χ3n) is 4.02. The van der Waals surface area contributed by atoms with Gasteiger partial charge in [-0.3, -0.25) is 9.56 Å². The van der Waals surface area contributed by atoms with Crippen LogP contribution >= 0.6 is 27.5 Å². The first kappa shape index (κ1) is 16.4. The number of nitrogens with zero attached hydrogens (tertiary/aromatic N) is 4. The molecule has 4 nitrogen and oxygen atoms in total. The number of hydrogen-bond acceptors (Lipinski definition) is 3. The van der Waals surface area contributed by atoms with Gasteiger partial charge >= 0.3 is 0 Å². The van der Waals surface area contributed by atoms with Crippen LogP contribution in [0.3, 0.4) is 0 Å². The zero-order valence-corrected chi connectivity index (χ0v) is 15.2. The molecule has 1 aromatic heterocycles. The van der Waals surface area contributed by atoms with Crippen molar-refractivity contribution in [1.82, 2.24) is 14.8 Å². The molecule has 2 aromatic carbocycles. The Labute approximate surface area is 155 Å². The minimum atomic E-state index is -0.699. The van der Waals surface area contributed by atoms with Gasteiger partial charge in [-0.2, -0.15) is 0 Å². The maximum absolute atomic E-state index is 14.4. The van der Waals surface area contributed by atoms with E-state index in [0.717, 1.165) is 0 Å². The van der Waals surface area contributed by atoms with Gasteiger partial charge in [0, 0.05) is 10.0 Å². The van der Waals surface area contributed by atoms with Crippen LogP contribution in [0.2, 0.25) is 5.02 Å². The zero-order valence-electron chi connectivity index (χ0n) is 12.9. The topological polar surface area (TPSA) is 43.1 Å². The number of benzene rings is 2. The van der Waals surface area contributed by atoms with E-state index in [9.17, 15) is 8.78 Å². The van der Waals surface area contributed by atoms with Crippen molar-refractivity contribution in [3.63, 3.8) is 0 Å². The number of aliphatic imine (C=N–C) groups is 1. The minimum Gasteiger partial charge on any atom is -0.281 e. The van der Waals surface area contributed by atoms with Gasteiger partial charge in [-0.25, -0.2) is 8.78 Å². The van der Waals surface area contributed by atoms with E-state index in [2.05, 4.69) is 31.1 Å². The first-order valence-corrected chi connectivity index (χ1v) is 8.54. The molecular weight excluding hydrogens is 414 g/mol. The van der Waals surface area contributed by atoms with Crippen LogP contribution in [0.25, 0.3) is 5.69 Å². The van der Waals surface area contributed by atoms with Gasteiger partial charge in [0.1, 0.15) is 24.0 Å². The fourth-order valence-corrected chi connectivity index (χ4v) is 3.51. The summed E-state index contributed by atoms with van der Waals surface area (Å²) < 4.78 is 31.2. The van der Waals surface area contributed by atoms with Crippen molar-refractivity contribution < 1.29 is 8.78 Å². The van der Waals surface area contributed by atoms with E-state index < -0.39 is 11.6 Å². The molecule has 0 unspecified atom stereocenters. The van der Waals surface area contributed by atoms with Crippen LogP contribution in [0.1, 0.15) is 22.8 Å². The van der Waals surface area contributed by atoms with Gasteiger partial charge in [0.15, 0.2) is 5.82 Å². The number of fused-ring (bicyclic) bond motifs is 3. The highest BCUT2D eigenvalue weighted by atomic mass is 79.9. The summed E-state index contributed by atoms with van der Waals surface area (Å²) in [5.74, 6) is -0.186. The highest BCUT2D eigenvalue weighted by Crippen LogP contribution is 2.36. The minimum absolute atomic E-state index is 0.132. The summed E-state index contributed by atoms with van der Waals surface area (Å²) in [6, 6.07) is 7.27. The van der Waals surface area contributed by atoms with Gasteiger partial charge in [-0.15, -0.1) is 10.2 Å². The molecule has 25 heavy (non-hydrogen) atoms. The number of halogens is 4. The Hall–Kier alpha value is -2.12. The zero-order chi connectivity index (χ0) is 17.7. The highest BCUT2D eigenvalue weighted by Gasteiger charge is 2.28. The Morgan fingerprint density at radius 1 is 1.08 bits per heavy atom. The Morgan fingerprint density at radius 3 is 2.52 bits per heavy atom. The summed E-state index contributed by atoms with van der Waals surface area (Å²) in [5.41, 5.74) is 1.01. The maximum Gasteiger partial charge on any atom is 0.159 e. The maximum atomic E-state index is 14.4. The first-order chi connectivity index (χ1) is 12.0. The lowest BCUT2D eigenvalue weighted by molar-refractivity contribution is 0.579. The Kier molecular flexibility index (Phi) is 3.92. The van der Waals surface area contributed by atoms with E-state index in [4.69, 9.17) is 11.6 Å². The standard InChI is InChI=1S/C17H10BrClF2N4/c1-8-23-24-13-7-22-17(14-10(20)3-2-4-11(14)21)15-12(25(8)13)6-5-9(18)16(15)19/h2-6H,7H2,1H3. The Bertz CT molecular complexity index is 1030. The lowest BCUT2D eigenvalue weighted by atomic mass is 9.99. The van der Waals surface area contributed by atoms with Crippen molar-refractivity contribution in [2.75, 3.05) is 0 Å². The lowest BCUT2D eigenvalue weighted by Gasteiger charge is -2.16. The molecule has 2 heterocycles. The molecule has 0 bridgehead atoms. The molecule has 0 fully saturated rings. The summed E-state index contributed by atoms with van der Waals surface area (Å²) in [6.07, 6.45) is 0. The summed E-state index contributed by atoms with van der Waals surface area (Å²) in [5, 5.41) is 8.49. The molecule has 4 rings (SSSR count). The third-order valence-corrected chi connectivity index (χ3v) is 5.30. The van der Waals surface area contributed by atoms with Gasteiger partial charge in [-0.05, 0) is 47.1 Å². The predicted octanol–water partition coefficient (Wildman–Crippen LogP) is 4.62. The molecule has 0 spiro atoms. The summed E-state index contributed by atoms with van der Waals surface area (Å²) in [6.45, 7) is 1.93. The van der Waals surface area contributed by atoms with E-state index in [1.54, 1.807) is 23.6 Å². The van der Waals surface area contributed by atoms with Gasteiger partial charge in [0.05, 0.1) is 22.0 Å². The Balaban J connectivity index is 2.10. The van der Waals surface area contributed by atoms with Crippen LogP contribution in [0, 0.1) is 18.6 Å². The van der Waals surface area contributed by atoms with E-state index >= 15 is 0 Å². The highest BCUT2D eigenvalue weighted by molar-refractivity contribution is 9.10. The van der Waals surface area contributed by atoms with Gasteiger partial charge in [0.25, 0.3) is 0 Å². The second-order valence-corrected chi connectivity index (χ2v) is 6.75. The summed E-state index contributed by atoms with van der Waals surface area (Å²) in [7, 11) is 0. The monoisotopic (exact) mass is 422 g/mol. The molecule has 0 aliphatic carbocycles. The molecule has 0 N–H and O–H groups in total. The quantitative estimate of drug-likeness (QED) is 0.573. The van der Waals surface area contributed by atoms with Gasteiger partial charge in [0.2, 0.25) is 0 Å². The predicted molar refractivity (Wildman–Crippen MR) is 94.5 cm³/mol. The number of rotatable bonds is 1. The summed E-state index contributed by atoms with van der Waals surface area (Å²) in [4.78, 5) is 4.42. The van der Waals surface area contributed by atoms with Crippen molar-refractivity contribution in [2.45, 2.75) is 13.5 Å². The second kappa shape index (κ2) is 6.00. The lowest BCUT2D eigenvalue weighted by Crippen LogP contribution is -2.13. The van der Waals surface area contributed by atoms with Crippen LogP contribution in [0.5, 0.6) is 0 Å². The molecule has 0 saturated heterocycles. The average molecular weight is 424 g/mol. The molecule has 1 aliphatic heterocycles. The van der Waals surface area contributed by atoms with Crippen molar-refractivity contribution in [2.24, 2.45) is 4.99 Å². The van der Waals surface area contributed by atoms with Crippen LogP contribution in [-0.2, 0) is 6.54 Å². The molecule has 3 aromatic rings. The molecule has 0 atom stereocenters. The van der Waals surface area contributed by atoms with Crippen molar-refractivity contribution in [3.8, 4) is 5.69 Å². The molecule has 1 aliphatic rings. The molecule has 0 radical (unpaired) electrons. The number of aromatic nitrogens is 3. The van der Waals surface area contributed by atoms with Crippen molar-refractivity contribution >= 4 is 33.2 Å². The van der Waals surface area contributed by atoms with Crippen LogP contribution in [-0.4, -0.2) is 20.5 Å².